The number of rotatable bonds is 2. The van der Waals surface area contributed by atoms with E-state index in [-0.39, 0.29) is 41.7 Å². The summed E-state index contributed by atoms with van der Waals surface area (Å²) >= 11 is 0. The average molecular weight is 349 g/mol. The summed E-state index contributed by atoms with van der Waals surface area (Å²) in [6, 6.07) is 7.85. The van der Waals surface area contributed by atoms with Crippen molar-refractivity contribution in [3.05, 3.63) is 47.8 Å². The van der Waals surface area contributed by atoms with Gasteiger partial charge in [-0.15, -0.1) is 0 Å². The molecule has 2 aliphatic heterocycles. The zero-order valence-corrected chi connectivity index (χ0v) is 13.2. The van der Waals surface area contributed by atoms with Crippen molar-refractivity contribution in [2.45, 2.75) is 11.3 Å². The highest BCUT2D eigenvalue weighted by Gasteiger charge is 2.33. The Morgan fingerprint density at radius 2 is 1.83 bits per heavy atom. The van der Waals surface area contributed by atoms with Crippen LogP contribution in [0.1, 0.15) is 16.8 Å². The fourth-order valence-corrected chi connectivity index (χ4v) is 4.32. The van der Waals surface area contributed by atoms with E-state index in [2.05, 4.69) is 0 Å². The third-order valence-electron chi connectivity index (χ3n) is 4.00. The number of ketones is 1. The molecule has 2 aromatic rings. The fourth-order valence-electron chi connectivity index (χ4n) is 2.82. The first-order valence-corrected chi connectivity index (χ1v) is 8.66. The maximum absolute atomic E-state index is 13.4. The van der Waals surface area contributed by atoms with Crippen LogP contribution in [0, 0.1) is 5.82 Å². The van der Waals surface area contributed by atoms with Gasteiger partial charge < -0.3 is 9.47 Å². The molecule has 0 saturated carbocycles. The van der Waals surface area contributed by atoms with Crippen molar-refractivity contribution >= 4 is 21.5 Å². The number of Topliss-reactive ketones (excluding diaryl/α,β-unsaturated/α-hetero) is 1. The van der Waals surface area contributed by atoms with Crippen LogP contribution >= 0.6 is 0 Å². The van der Waals surface area contributed by atoms with Crippen LogP contribution in [0.4, 0.5) is 10.1 Å². The molecule has 2 aliphatic rings. The Hall–Kier alpha value is -2.61. The van der Waals surface area contributed by atoms with E-state index in [0.29, 0.717) is 11.5 Å². The van der Waals surface area contributed by atoms with Crippen molar-refractivity contribution in [1.82, 2.24) is 0 Å². The van der Waals surface area contributed by atoms with E-state index in [0.717, 1.165) is 16.4 Å². The zero-order chi connectivity index (χ0) is 16.9. The molecule has 2 heterocycles. The molecule has 0 N–H and O–H groups in total. The molecular formula is C16H12FNO5S. The van der Waals surface area contributed by atoms with Crippen LogP contribution in [0.15, 0.2) is 41.3 Å². The minimum absolute atomic E-state index is 0.000233. The van der Waals surface area contributed by atoms with Crippen molar-refractivity contribution in [2.75, 3.05) is 17.6 Å². The van der Waals surface area contributed by atoms with Crippen LogP contribution < -0.4 is 13.8 Å². The first-order valence-electron chi connectivity index (χ1n) is 7.22. The largest absolute Gasteiger partial charge is 0.454 e. The summed E-state index contributed by atoms with van der Waals surface area (Å²) in [5.74, 6) is -0.0280. The van der Waals surface area contributed by atoms with E-state index in [1.807, 2.05) is 0 Å². The predicted molar refractivity (Wildman–Crippen MR) is 82.4 cm³/mol. The van der Waals surface area contributed by atoms with Gasteiger partial charge in [0.1, 0.15) is 5.82 Å². The summed E-state index contributed by atoms with van der Waals surface area (Å²) < 4.78 is 50.9. The first-order chi connectivity index (χ1) is 11.5. The monoisotopic (exact) mass is 349 g/mol. The van der Waals surface area contributed by atoms with Crippen LogP contribution in [0.3, 0.4) is 0 Å². The molecule has 0 aliphatic carbocycles. The normalized spacial score (nSPS) is 16.2. The number of hydrogen-bond donors (Lipinski definition) is 0. The molecule has 0 fully saturated rings. The van der Waals surface area contributed by atoms with Gasteiger partial charge in [0.15, 0.2) is 17.3 Å². The van der Waals surface area contributed by atoms with Gasteiger partial charge in [-0.3, -0.25) is 9.10 Å². The molecule has 8 heteroatoms. The molecule has 0 spiro atoms. The van der Waals surface area contributed by atoms with E-state index in [4.69, 9.17) is 9.47 Å². The fraction of sp³-hybridized carbons (Fsp3) is 0.188. The molecule has 0 radical (unpaired) electrons. The lowest BCUT2D eigenvalue weighted by Gasteiger charge is -2.29. The summed E-state index contributed by atoms with van der Waals surface area (Å²) in [4.78, 5) is 12.0. The Kier molecular flexibility index (Phi) is 3.24. The topological polar surface area (TPSA) is 72.9 Å². The van der Waals surface area contributed by atoms with E-state index in [9.17, 15) is 17.6 Å². The van der Waals surface area contributed by atoms with Crippen LogP contribution in [-0.2, 0) is 10.0 Å². The van der Waals surface area contributed by atoms with E-state index in [1.165, 1.54) is 24.3 Å². The first kappa shape index (κ1) is 14.9. The van der Waals surface area contributed by atoms with E-state index >= 15 is 0 Å². The van der Waals surface area contributed by atoms with E-state index in [1.54, 1.807) is 0 Å². The van der Waals surface area contributed by atoms with Gasteiger partial charge in [-0.05, 0) is 30.3 Å². The molecule has 0 amide bonds. The minimum Gasteiger partial charge on any atom is -0.454 e. The number of nitrogens with zero attached hydrogens (tertiary/aromatic N) is 1. The Balaban J connectivity index is 1.81. The van der Waals surface area contributed by atoms with Crippen LogP contribution in [0.2, 0.25) is 0 Å². The summed E-state index contributed by atoms with van der Waals surface area (Å²) in [6.07, 6.45) is 0.000233. The summed E-state index contributed by atoms with van der Waals surface area (Å²) in [5.41, 5.74) is 0.260. The molecule has 0 aromatic heterocycles. The highest BCUT2D eigenvalue weighted by molar-refractivity contribution is 7.92. The molecular weight excluding hydrogens is 337 g/mol. The number of sulfonamides is 1. The van der Waals surface area contributed by atoms with Crippen molar-refractivity contribution in [3.8, 4) is 11.5 Å². The number of fused-ring (bicyclic) bond motifs is 2. The van der Waals surface area contributed by atoms with Gasteiger partial charge in [-0.2, -0.15) is 0 Å². The van der Waals surface area contributed by atoms with Crippen molar-refractivity contribution in [2.24, 2.45) is 0 Å². The Morgan fingerprint density at radius 3 is 2.67 bits per heavy atom. The van der Waals surface area contributed by atoms with Gasteiger partial charge in [0.25, 0.3) is 10.0 Å². The summed E-state index contributed by atoms with van der Waals surface area (Å²) in [7, 11) is -3.91. The number of ether oxygens (including phenoxy) is 2. The molecule has 0 unspecified atom stereocenters. The molecule has 0 bridgehead atoms. The number of carbonyl (C=O) groups excluding carboxylic acids is 1. The number of benzene rings is 2. The summed E-state index contributed by atoms with van der Waals surface area (Å²) in [5, 5.41) is 0. The lowest BCUT2D eigenvalue weighted by atomic mass is 10.0. The second-order valence-electron chi connectivity index (χ2n) is 5.43. The third kappa shape index (κ3) is 2.22. The maximum Gasteiger partial charge on any atom is 0.264 e. The van der Waals surface area contributed by atoms with Crippen molar-refractivity contribution in [1.29, 1.82) is 0 Å². The Bertz CT molecular complexity index is 957. The van der Waals surface area contributed by atoms with Gasteiger partial charge in [0.2, 0.25) is 6.79 Å². The molecule has 2 aromatic carbocycles. The van der Waals surface area contributed by atoms with E-state index < -0.39 is 15.8 Å². The SMILES string of the molecule is O=C1CCN(S(=O)(=O)c2ccc3c(c2)OCO3)c2ccc(F)cc21. The molecule has 0 atom stereocenters. The van der Waals surface area contributed by atoms with Crippen LogP contribution in [-0.4, -0.2) is 27.5 Å². The highest BCUT2D eigenvalue weighted by Crippen LogP contribution is 2.37. The van der Waals surface area contributed by atoms with Crippen molar-refractivity contribution in [3.63, 3.8) is 0 Å². The zero-order valence-electron chi connectivity index (χ0n) is 12.4. The Labute approximate surface area is 137 Å². The lowest BCUT2D eigenvalue weighted by Crippen LogP contribution is -2.37. The van der Waals surface area contributed by atoms with Gasteiger partial charge in [0, 0.05) is 24.6 Å². The van der Waals surface area contributed by atoms with Crippen LogP contribution in [0.25, 0.3) is 0 Å². The smallest absolute Gasteiger partial charge is 0.264 e. The number of carbonyl (C=O) groups is 1. The highest BCUT2D eigenvalue weighted by atomic mass is 32.2. The summed E-state index contributed by atoms with van der Waals surface area (Å²) in [6.45, 7) is 0.0490. The second kappa shape index (κ2) is 5.20. The lowest BCUT2D eigenvalue weighted by molar-refractivity contribution is 0.0981. The van der Waals surface area contributed by atoms with Crippen LogP contribution in [0.5, 0.6) is 11.5 Å². The molecule has 24 heavy (non-hydrogen) atoms. The van der Waals surface area contributed by atoms with Gasteiger partial charge in [0.05, 0.1) is 10.6 Å². The van der Waals surface area contributed by atoms with Gasteiger partial charge >= 0.3 is 0 Å². The quantitative estimate of drug-likeness (QED) is 0.832. The number of anilines is 1. The molecule has 124 valence electrons. The maximum atomic E-state index is 13.4. The number of halogens is 1. The van der Waals surface area contributed by atoms with Gasteiger partial charge in [-0.1, -0.05) is 0 Å². The number of hydrogen-bond acceptors (Lipinski definition) is 5. The average Bonchev–Trinajstić information content (AvgIpc) is 3.03. The third-order valence-corrected chi connectivity index (χ3v) is 5.81. The molecule has 6 nitrogen and oxygen atoms in total. The minimum atomic E-state index is -3.91. The predicted octanol–water partition coefficient (Wildman–Crippen LogP) is 2.34. The molecule has 4 rings (SSSR count). The van der Waals surface area contributed by atoms with Crippen molar-refractivity contribution < 1.29 is 27.1 Å². The second-order valence-corrected chi connectivity index (χ2v) is 7.29. The standard InChI is InChI=1S/C16H12FNO5S/c17-10-1-3-13-12(7-10)14(19)5-6-18(13)24(20,21)11-2-4-15-16(8-11)23-9-22-15/h1-4,7-8H,5-6,9H2. The molecule has 0 saturated heterocycles. The Morgan fingerprint density at radius 1 is 1.04 bits per heavy atom. The van der Waals surface area contributed by atoms with Gasteiger partial charge in [-0.25, -0.2) is 12.8 Å².